The lowest BCUT2D eigenvalue weighted by Crippen LogP contribution is -2.29. The molecule has 0 bridgehead atoms. The van der Waals surface area contributed by atoms with E-state index in [0.717, 1.165) is 11.1 Å². The molecule has 1 unspecified atom stereocenters. The predicted octanol–water partition coefficient (Wildman–Crippen LogP) is 2.53. The van der Waals surface area contributed by atoms with Crippen LogP contribution in [0.4, 0.5) is 4.39 Å². The lowest BCUT2D eigenvalue weighted by Gasteiger charge is -2.13. The van der Waals surface area contributed by atoms with E-state index in [4.69, 9.17) is 0 Å². The van der Waals surface area contributed by atoms with E-state index < -0.39 is 11.9 Å². The highest BCUT2D eigenvalue weighted by molar-refractivity contribution is 5.78. The van der Waals surface area contributed by atoms with Gasteiger partial charge in [0, 0.05) is 12.1 Å². The van der Waals surface area contributed by atoms with Crippen molar-refractivity contribution >= 4 is 5.91 Å². The molecule has 110 valence electrons. The molecule has 3 nitrogen and oxygen atoms in total. The van der Waals surface area contributed by atoms with Crippen molar-refractivity contribution in [1.82, 2.24) is 5.32 Å². The van der Waals surface area contributed by atoms with Crippen molar-refractivity contribution in [3.63, 3.8) is 0 Å². The van der Waals surface area contributed by atoms with Gasteiger partial charge in [-0.05, 0) is 18.6 Å². The second-order valence-corrected chi connectivity index (χ2v) is 5.00. The van der Waals surface area contributed by atoms with Crippen LogP contribution in [0.1, 0.15) is 22.8 Å². The molecule has 0 heterocycles. The molecule has 0 fully saturated rings. The molecule has 2 N–H and O–H groups in total. The van der Waals surface area contributed by atoms with Gasteiger partial charge >= 0.3 is 0 Å². The van der Waals surface area contributed by atoms with Crippen molar-refractivity contribution in [2.24, 2.45) is 0 Å². The van der Waals surface area contributed by atoms with Crippen molar-refractivity contribution in [1.29, 1.82) is 0 Å². The first-order valence-electron chi connectivity index (χ1n) is 6.81. The summed E-state index contributed by atoms with van der Waals surface area (Å²) in [4.78, 5) is 11.8. The zero-order chi connectivity index (χ0) is 15.2. The number of rotatable bonds is 5. The van der Waals surface area contributed by atoms with Gasteiger partial charge < -0.3 is 10.4 Å². The summed E-state index contributed by atoms with van der Waals surface area (Å²) < 4.78 is 13.5. The number of aryl methyl sites for hydroxylation is 1. The van der Waals surface area contributed by atoms with E-state index in [0.29, 0.717) is 0 Å². The maximum absolute atomic E-state index is 13.5. The van der Waals surface area contributed by atoms with E-state index in [1.54, 1.807) is 12.1 Å². The molecule has 0 aliphatic rings. The van der Waals surface area contributed by atoms with Crippen LogP contribution in [-0.4, -0.2) is 17.6 Å². The average molecular weight is 287 g/mol. The fraction of sp³-hybridized carbons (Fsp3) is 0.235. The number of aliphatic hydroxyl groups is 1. The Morgan fingerprint density at radius 1 is 1.19 bits per heavy atom. The smallest absolute Gasteiger partial charge is 0.224 e. The highest BCUT2D eigenvalue weighted by Gasteiger charge is 2.13. The van der Waals surface area contributed by atoms with Gasteiger partial charge in [-0.25, -0.2) is 4.39 Å². The van der Waals surface area contributed by atoms with Crippen LogP contribution in [0.25, 0.3) is 0 Å². The molecular formula is C17H18FNO2. The van der Waals surface area contributed by atoms with Crippen molar-refractivity contribution in [3.05, 3.63) is 71.0 Å². The van der Waals surface area contributed by atoms with Gasteiger partial charge in [-0.3, -0.25) is 4.79 Å². The number of hydrogen-bond acceptors (Lipinski definition) is 2. The number of aliphatic hydroxyl groups excluding tert-OH is 1. The van der Waals surface area contributed by atoms with Crippen LogP contribution in [0.5, 0.6) is 0 Å². The Kier molecular flexibility index (Phi) is 5.06. The lowest BCUT2D eigenvalue weighted by molar-refractivity contribution is -0.120. The topological polar surface area (TPSA) is 49.3 Å². The molecule has 0 spiro atoms. The van der Waals surface area contributed by atoms with E-state index in [2.05, 4.69) is 5.32 Å². The van der Waals surface area contributed by atoms with E-state index >= 15 is 0 Å². The van der Waals surface area contributed by atoms with Crippen LogP contribution in [0, 0.1) is 12.7 Å². The molecule has 0 aliphatic carbocycles. The molecule has 1 amide bonds. The molecule has 2 aromatic carbocycles. The van der Waals surface area contributed by atoms with Gasteiger partial charge in [0.15, 0.2) is 0 Å². The maximum atomic E-state index is 13.5. The number of hydrogen-bond donors (Lipinski definition) is 2. The zero-order valence-electron chi connectivity index (χ0n) is 11.8. The van der Waals surface area contributed by atoms with Crippen LogP contribution in [0.15, 0.2) is 48.5 Å². The Balaban J connectivity index is 1.86. The van der Waals surface area contributed by atoms with Crippen molar-refractivity contribution in [2.45, 2.75) is 19.4 Å². The van der Waals surface area contributed by atoms with Gasteiger partial charge in [-0.2, -0.15) is 0 Å². The first-order chi connectivity index (χ1) is 10.1. The molecule has 0 radical (unpaired) electrons. The van der Waals surface area contributed by atoms with Gasteiger partial charge in [0.25, 0.3) is 0 Å². The van der Waals surface area contributed by atoms with Crippen molar-refractivity contribution < 1.29 is 14.3 Å². The van der Waals surface area contributed by atoms with Gasteiger partial charge in [0.1, 0.15) is 5.82 Å². The third-order valence-electron chi connectivity index (χ3n) is 3.24. The monoisotopic (exact) mass is 287 g/mol. The summed E-state index contributed by atoms with van der Waals surface area (Å²) in [6.07, 6.45) is -0.808. The molecule has 0 aromatic heterocycles. The standard InChI is InChI=1S/C17H18FNO2/c1-12-6-8-13(9-7-12)10-17(21)19-11-16(20)14-4-2-3-5-15(14)18/h2-9,16,20H,10-11H2,1H3,(H,19,21). The Morgan fingerprint density at radius 3 is 2.52 bits per heavy atom. The minimum absolute atomic E-state index is 0.00831. The molecule has 1 atom stereocenters. The van der Waals surface area contributed by atoms with Crippen molar-refractivity contribution in [2.75, 3.05) is 6.54 Å². The van der Waals surface area contributed by atoms with Gasteiger partial charge in [0.05, 0.1) is 12.5 Å². The summed E-state index contributed by atoms with van der Waals surface area (Å²) >= 11 is 0. The Bertz CT molecular complexity index is 610. The highest BCUT2D eigenvalue weighted by Crippen LogP contribution is 2.15. The first-order valence-corrected chi connectivity index (χ1v) is 6.81. The van der Waals surface area contributed by atoms with E-state index in [9.17, 15) is 14.3 Å². The number of benzene rings is 2. The molecular weight excluding hydrogens is 269 g/mol. The fourth-order valence-electron chi connectivity index (χ4n) is 2.02. The molecule has 0 aliphatic heterocycles. The van der Waals surface area contributed by atoms with Crippen LogP contribution < -0.4 is 5.32 Å². The molecule has 0 saturated heterocycles. The maximum Gasteiger partial charge on any atom is 0.224 e. The molecule has 2 rings (SSSR count). The molecule has 4 heteroatoms. The van der Waals surface area contributed by atoms with Gasteiger partial charge in [-0.1, -0.05) is 48.0 Å². The minimum Gasteiger partial charge on any atom is -0.386 e. The Labute approximate surface area is 123 Å². The second kappa shape index (κ2) is 6.99. The number of halogens is 1. The quantitative estimate of drug-likeness (QED) is 0.888. The second-order valence-electron chi connectivity index (χ2n) is 5.00. The van der Waals surface area contributed by atoms with E-state index in [-0.39, 0.29) is 24.4 Å². The third kappa shape index (κ3) is 4.39. The summed E-state index contributed by atoms with van der Waals surface area (Å²) in [5.41, 5.74) is 2.22. The van der Waals surface area contributed by atoms with Crippen molar-refractivity contribution in [3.8, 4) is 0 Å². The number of amides is 1. The Hall–Kier alpha value is -2.20. The Morgan fingerprint density at radius 2 is 1.86 bits per heavy atom. The molecule has 2 aromatic rings. The summed E-state index contributed by atoms with van der Waals surface area (Å²) in [5.74, 6) is -0.674. The lowest BCUT2D eigenvalue weighted by atomic mass is 10.1. The summed E-state index contributed by atoms with van der Waals surface area (Å²) in [6, 6.07) is 13.7. The van der Waals surface area contributed by atoms with Gasteiger partial charge in [-0.15, -0.1) is 0 Å². The van der Waals surface area contributed by atoms with E-state index in [1.807, 2.05) is 31.2 Å². The fourth-order valence-corrected chi connectivity index (χ4v) is 2.02. The average Bonchev–Trinajstić information content (AvgIpc) is 2.48. The largest absolute Gasteiger partial charge is 0.386 e. The van der Waals surface area contributed by atoms with Gasteiger partial charge in [0.2, 0.25) is 5.91 Å². The third-order valence-corrected chi connectivity index (χ3v) is 3.24. The molecule has 0 saturated carbocycles. The summed E-state index contributed by atoms with van der Waals surface area (Å²) in [5, 5.41) is 12.5. The SMILES string of the molecule is Cc1ccc(CC(=O)NCC(O)c2ccccc2F)cc1. The number of carbonyl (C=O) groups excluding carboxylic acids is 1. The predicted molar refractivity (Wildman–Crippen MR) is 79.3 cm³/mol. The number of nitrogens with one attached hydrogen (secondary N) is 1. The highest BCUT2D eigenvalue weighted by atomic mass is 19.1. The summed E-state index contributed by atoms with van der Waals surface area (Å²) in [7, 11) is 0. The molecule has 21 heavy (non-hydrogen) atoms. The van der Waals surface area contributed by atoms with Crippen LogP contribution in [-0.2, 0) is 11.2 Å². The minimum atomic E-state index is -1.05. The summed E-state index contributed by atoms with van der Waals surface area (Å²) in [6.45, 7) is 1.97. The number of carbonyl (C=O) groups is 1. The van der Waals surface area contributed by atoms with E-state index in [1.165, 1.54) is 12.1 Å². The zero-order valence-corrected chi connectivity index (χ0v) is 11.8. The van der Waals surface area contributed by atoms with Crippen LogP contribution >= 0.6 is 0 Å². The van der Waals surface area contributed by atoms with Crippen LogP contribution in [0.2, 0.25) is 0 Å². The first kappa shape index (κ1) is 15.2. The normalized spacial score (nSPS) is 12.0. The van der Waals surface area contributed by atoms with Crippen LogP contribution in [0.3, 0.4) is 0 Å².